The van der Waals surface area contributed by atoms with Crippen LogP contribution in [0.3, 0.4) is 0 Å². The molecule has 0 aliphatic carbocycles. The van der Waals surface area contributed by atoms with E-state index in [4.69, 9.17) is 16.3 Å². The third-order valence-corrected chi connectivity index (χ3v) is 3.42. The molecule has 0 spiro atoms. The Hall–Kier alpha value is -1.07. The van der Waals surface area contributed by atoms with Gasteiger partial charge in [0.25, 0.3) is 5.56 Å². The van der Waals surface area contributed by atoms with E-state index in [-0.39, 0.29) is 16.6 Å². The zero-order valence-electron chi connectivity index (χ0n) is 10.0. The lowest BCUT2D eigenvalue weighted by Crippen LogP contribution is -2.46. The van der Waals surface area contributed by atoms with E-state index < -0.39 is 0 Å². The molecule has 0 bridgehead atoms. The molecule has 6 heteroatoms. The molecule has 2 rings (SSSR count). The van der Waals surface area contributed by atoms with Crippen LogP contribution in [-0.4, -0.2) is 35.6 Å². The predicted octanol–water partition coefficient (Wildman–Crippen LogP) is 1.05. The number of ether oxygens (including phenoxy) is 1. The number of halogens is 1. The highest BCUT2D eigenvalue weighted by atomic mass is 35.5. The van der Waals surface area contributed by atoms with Gasteiger partial charge in [-0.3, -0.25) is 4.79 Å². The first-order valence-corrected chi connectivity index (χ1v) is 6.09. The molecule has 17 heavy (non-hydrogen) atoms. The second kappa shape index (κ2) is 5.06. The molecule has 5 nitrogen and oxygen atoms in total. The van der Waals surface area contributed by atoms with E-state index in [2.05, 4.69) is 16.9 Å². The number of anilines is 1. The highest BCUT2D eigenvalue weighted by molar-refractivity contribution is 6.33. The van der Waals surface area contributed by atoms with Crippen molar-refractivity contribution in [2.24, 2.45) is 7.05 Å². The van der Waals surface area contributed by atoms with Gasteiger partial charge in [0.15, 0.2) is 0 Å². The second-order valence-corrected chi connectivity index (χ2v) is 4.48. The zero-order valence-corrected chi connectivity index (χ0v) is 10.8. The van der Waals surface area contributed by atoms with E-state index >= 15 is 0 Å². The molecule has 1 saturated heterocycles. The van der Waals surface area contributed by atoms with Crippen molar-refractivity contribution in [1.82, 2.24) is 9.78 Å². The minimum absolute atomic E-state index is 0.239. The molecule has 0 saturated carbocycles. The first-order chi connectivity index (χ1) is 8.15. The molecule has 1 fully saturated rings. The van der Waals surface area contributed by atoms with Crippen molar-refractivity contribution in [2.75, 3.05) is 24.7 Å². The molecule has 1 aromatic rings. The SMILES string of the molecule is CCC1COCCN1c1cnn(C)c(=O)c1Cl. The summed E-state index contributed by atoms with van der Waals surface area (Å²) in [4.78, 5) is 13.8. The van der Waals surface area contributed by atoms with Crippen LogP contribution >= 0.6 is 11.6 Å². The molecule has 1 atom stereocenters. The van der Waals surface area contributed by atoms with Crippen LogP contribution in [0, 0.1) is 0 Å². The van der Waals surface area contributed by atoms with Crippen LogP contribution in [0.5, 0.6) is 0 Å². The van der Waals surface area contributed by atoms with E-state index in [1.807, 2.05) is 0 Å². The molecular weight excluding hydrogens is 242 g/mol. The smallest absolute Gasteiger partial charge is 0.287 e. The molecule has 2 heterocycles. The Morgan fingerprint density at radius 2 is 2.41 bits per heavy atom. The Kier molecular flexibility index (Phi) is 3.69. The van der Waals surface area contributed by atoms with Gasteiger partial charge in [-0.1, -0.05) is 18.5 Å². The molecule has 1 aliphatic rings. The van der Waals surface area contributed by atoms with Crippen molar-refractivity contribution >= 4 is 17.3 Å². The first-order valence-electron chi connectivity index (χ1n) is 5.71. The van der Waals surface area contributed by atoms with Gasteiger partial charge in [0.1, 0.15) is 5.02 Å². The topological polar surface area (TPSA) is 47.4 Å². The van der Waals surface area contributed by atoms with Crippen LogP contribution in [0.4, 0.5) is 5.69 Å². The minimum Gasteiger partial charge on any atom is -0.377 e. The van der Waals surface area contributed by atoms with Crippen LogP contribution < -0.4 is 10.5 Å². The Morgan fingerprint density at radius 3 is 3.12 bits per heavy atom. The lowest BCUT2D eigenvalue weighted by molar-refractivity contribution is 0.0929. The monoisotopic (exact) mass is 257 g/mol. The fourth-order valence-electron chi connectivity index (χ4n) is 2.01. The third-order valence-electron chi connectivity index (χ3n) is 3.07. The van der Waals surface area contributed by atoms with Crippen LogP contribution in [-0.2, 0) is 11.8 Å². The lowest BCUT2D eigenvalue weighted by atomic mass is 10.1. The maximum absolute atomic E-state index is 11.7. The van der Waals surface area contributed by atoms with Crippen molar-refractivity contribution in [3.8, 4) is 0 Å². The summed E-state index contributed by atoms with van der Waals surface area (Å²) < 4.78 is 6.67. The van der Waals surface area contributed by atoms with Crippen molar-refractivity contribution in [1.29, 1.82) is 0 Å². The maximum Gasteiger partial charge on any atom is 0.287 e. The molecule has 0 aromatic carbocycles. The van der Waals surface area contributed by atoms with E-state index in [0.29, 0.717) is 18.9 Å². The lowest BCUT2D eigenvalue weighted by Gasteiger charge is -2.36. The Bertz CT molecular complexity index is 461. The summed E-state index contributed by atoms with van der Waals surface area (Å²) in [7, 11) is 1.59. The quantitative estimate of drug-likeness (QED) is 0.795. The molecule has 1 aromatic heterocycles. The number of nitrogens with zero attached hydrogens (tertiary/aromatic N) is 3. The van der Waals surface area contributed by atoms with E-state index in [1.54, 1.807) is 13.2 Å². The van der Waals surface area contributed by atoms with Gasteiger partial charge in [-0.25, -0.2) is 4.68 Å². The summed E-state index contributed by atoms with van der Waals surface area (Å²) in [5, 5.41) is 4.26. The first kappa shape index (κ1) is 12.4. The fourth-order valence-corrected chi connectivity index (χ4v) is 2.29. The summed E-state index contributed by atoms with van der Waals surface area (Å²) in [6.45, 7) is 4.16. The standard InChI is InChI=1S/C11H16ClN3O2/c1-3-8-7-17-5-4-15(8)9-6-13-14(2)11(16)10(9)12/h6,8H,3-5,7H2,1-2H3. The third kappa shape index (κ3) is 2.30. The van der Waals surface area contributed by atoms with Crippen LogP contribution in [0.25, 0.3) is 0 Å². The minimum atomic E-state index is -0.259. The van der Waals surface area contributed by atoms with Crippen LogP contribution in [0.1, 0.15) is 13.3 Å². The number of aromatic nitrogens is 2. The highest BCUT2D eigenvalue weighted by Gasteiger charge is 2.24. The maximum atomic E-state index is 11.7. The molecule has 1 unspecified atom stereocenters. The number of morpholine rings is 1. The Labute approximate surface area is 105 Å². The van der Waals surface area contributed by atoms with Gasteiger partial charge in [0, 0.05) is 13.6 Å². The van der Waals surface area contributed by atoms with E-state index in [1.165, 1.54) is 4.68 Å². The highest BCUT2D eigenvalue weighted by Crippen LogP contribution is 2.25. The summed E-state index contributed by atoms with van der Waals surface area (Å²) >= 11 is 6.10. The predicted molar refractivity (Wildman–Crippen MR) is 66.7 cm³/mol. The van der Waals surface area contributed by atoms with Gasteiger partial charge in [-0.15, -0.1) is 0 Å². The molecule has 1 aliphatic heterocycles. The zero-order chi connectivity index (χ0) is 12.4. The Balaban J connectivity index is 2.38. The van der Waals surface area contributed by atoms with E-state index in [9.17, 15) is 4.79 Å². The van der Waals surface area contributed by atoms with Crippen LogP contribution in [0.15, 0.2) is 11.0 Å². The van der Waals surface area contributed by atoms with Gasteiger partial charge >= 0.3 is 0 Å². The average molecular weight is 258 g/mol. The molecule has 0 amide bonds. The summed E-state index contributed by atoms with van der Waals surface area (Å²) in [5.74, 6) is 0. The summed E-state index contributed by atoms with van der Waals surface area (Å²) in [5.41, 5.74) is 0.454. The number of hydrogen-bond acceptors (Lipinski definition) is 4. The van der Waals surface area contributed by atoms with Crippen molar-refractivity contribution < 1.29 is 4.74 Å². The van der Waals surface area contributed by atoms with Gasteiger partial charge < -0.3 is 9.64 Å². The van der Waals surface area contributed by atoms with Crippen molar-refractivity contribution in [3.05, 3.63) is 21.6 Å². The van der Waals surface area contributed by atoms with Gasteiger partial charge in [-0.2, -0.15) is 5.10 Å². The number of hydrogen-bond donors (Lipinski definition) is 0. The normalized spacial score (nSPS) is 20.6. The van der Waals surface area contributed by atoms with E-state index in [0.717, 1.165) is 13.0 Å². The largest absolute Gasteiger partial charge is 0.377 e. The summed E-state index contributed by atoms with van der Waals surface area (Å²) in [6.07, 6.45) is 2.60. The van der Waals surface area contributed by atoms with Crippen LogP contribution in [0.2, 0.25) is 5.02 Å². The number of rotatable bonds is 2. The molecular formula is C11H16ClN3O2. The van der Waals surface area contributed by atoms with Crippen molar-refractivity contribution in [2.45, 2.75) is 19.4 Å². The molecule has 0 radical (unpaired) electrons. The number of aryl methyl sites for hydroxylation is 1. The summed E-state index contributed by atoms with van der Waals surface area (Å²) in [6, 6.07) is 0.259. The van der Waals surface area contributed by atoms with Gasteiger partial charge in [0.2, 0.25) is 0 Å². The van der Waals surface area contributed by atoms with Crippen molar-refractivity contribution in [3.63, 3.8) is 0 Å². The molecule has 0 N–H and O–H groups in total. The Morgan fingerprint density at radius 1 is 1.65 bits per heavy atom. The second-order valence-electron chi connectivity index (χ2n) is 4.10. The fraction of sp³-hybridized carbons (Fsp3) is 0.636. The van der Waals surface area contributed by atoms with Gasteiger partial charge in [-0.05, 0) is 6.42 Å². The van der Waals surface area contributed by atoms with Gasteiger partial charge in [0.05, 0.1) is 31.1 Å². The molecule has 94 valence electrons. The average Bonchev–Trinajstić information content (AvgIpc) is 2.36.